The molecule has 0 aromatic heterocycles. The lowest BCUT2D eigenvalue weighted by atomic mass is 9.71. The minimum absolute atomic E-state index is 0.0209. The van der Waals surface area contributed by atoms with E-state index in [0.717, 1.165) is 12.8 Å². The molecule has 17 atom stereocenters. The summed E-state index contributed by atoms with van der Waals surface area (Å²) >= 11 is 0. The first-order valence-electron chi connectivity index (χ1n) is 18.6. The Morgan fingerprint density at radius 3 is 0.909 bits per heavy atom. The fourth-order valence-corrected chi connectivity index (χ4v) is 12.4. The predicted molar refractivity (Wildman–Crippen MR) is 162 cm³/mol. The molecule has 44 heavy (non-hydrogen) atoms. The monoisotopic (exact) mass is 620 g/mol. The van der Waals surface area contributed by atoms with Crippen molar-refractivity contribution in [1.82, 2.24) is 42.5 Å². The molecule has 5 aliphatic heterocycles. The summed E-state index contributed by atoms with van der Waals surface area (Å²) in [6, 6.07) is 0. The fraction of sp³-hybridized carbons (Fsp3) is 1.00. The van der Waals surface area contributed by atoms with Gasteiger partial charge in [0.05, 0.1) is 55.2 Å². The van der Waals surface area contributed by atoms with Gasteiger partial charge in [0.15, 0.2) is 0 Å². The Hall–Kier alpha value is -0.530. The predicted octanol–water partition coefficient (Wildman–Crippen LogP) is 3.39. The summed E-state index contributed by atoms with van der Waals surface area (Å²) in [5, 5.41) is 31.9. The number of halogens is 3. The summed E-state index contributed by atoms with van der Waals surface area (Å²) in [6.07, 6.45) is 13.1. The topological polar surface area (TPSA) is 96.2 Å². The molecule has 9 aliphatic rings. The molecule has 4 aliphatic carbocycles. The maximum absolute atomic E-state index is 14.6. The van der Waals surface area contributed by atoms with E-state index in [2.05, 4.69) is 42.5 Å². The number of rotatable bonds is 0. The number of hydrogen-bond acceptors (Lipinski definition) is 8. The summed E-state index contributed by atoms with van der Waals surface area (Å²) in [7, 11) is 0. The second-order valence-corrected chi connectivity index (χ2v) is 16.3. The molecule has 5 heterocycles. The van der Waals surface area contributed by atoms with Crippen LogP contribution < -0.4 is 42.5 Å². The van der Waals surface area contributed by atoms with E-state index in [9.17, 15) is 13.2 Å². The first kappa shape index (κ1) is 29.6. The highest BCUT2D eigenvalue weighted by molar-refractivity contribution is 5.09. The van der Waals surface area contributed by atoms with Crippen molar-refractivity contribution >= 4 is 0 Å². The summed E-state index contributed by atoms with van der Waals surface area (Å²) < 4.78 is 43.9. The van der Waals surface area contributed by atoms with E-state index >= 15 is 0 Å². The minimum Gasteiger partial charge on any atom is -0.286 e. The molecule has 11 heteroatoms. The number of alkyl halides is 3. The van der Waals surface area contributed by atoms with Crippen LogP contribution >= 0.6 is 0 Å². The molecule has 17 unspecified atom stereocenters. The van der Waals surface area contributed by atoms with Crippen molar-refractivity contribution in [3.05, 3.63) is 0 Å². The average molecular weight is 621 g/mol. The largest absolute Gasteiger partial charge is 0.392 e. The quantitative estimate of drug-likeness (QED) is 0.209. The van der Waals surface area contributed by atoms with Gasteiger partial charge in [-0.3, -0.25) is 42.5 Å². The SMILES string of the molecule is FC(F)(F)C1CCCC2C3NC4NC(NC5NC(NC6NC(NC(N3)C21)C1CCCCC61)C1CCCCC51)C1CCCCC41. The van der Waals surface area contributed by atoms with Crippen LogP contribution in [0.4, 0.5) is 13.2 Å². The normalized spacial score (nSPS) is 55.6. The molecule has 0 radical (unpaired) electrons. The average Bonchev–Trinajstić information content (AvgIpc) is 3.76. The van der Waals surface area contributed by atoms with Crippen LogP contribution in [0, 0.1) is 53.3 Å². The van der Waals surface area contributed by atoms with E-state index in [-0.39, 0.29) is 61.7 Å². The zero-order valence-corrected chi connectivity index (χ0v) is 26.1. The van der Waals surface area contributed by atoms with E-state index in [1.807, 2.05) is 0 Å². The highest BCUT2D eigenvalue weighted by atomic mass is 19.4. The van der Waals surface area contributed by atoms with Crippen LogP contribution in [0.25, 0.3) is 0 Å². The van der Waals surface area contributed by atoms with E-state index < -0.39 is 18.0 Å². The van der Waals surface area contributed by atoms with E-state index in [1.165, 1.54) is 70.6 Å². The van der Waals surface area contributed by atoms with Gasteiger partial charge in [-0.25, -0.2) is 0 Å². The Balaban J connectivity index is 1.07. The molecule has 8 N–H and O–H groups in total. The second kappa shape index (κ2) is 11.6. The summed E-state index contributed by atoms with van der Waals surface area (Å²) in [6.45, 7) is 0. The van der Waals surface area contributed by atoms with Crippen molar-refractivity contribution in [1.29, 1.82) is 0 Å². The van der Waals surface area contributed by atoms with Gasteiger partial charge in [0, 0.05) is 5.92 Å². The molecule has 0 aromatic carbocycles. The zero-order valence-electron chi connectivity index (χ0n) is 26.1. The van der Waals surface area contributed by atoms with E-state index in [1.54, 1.807) is 0 Å². The van der Waals surface area contributed by atoms with Gasteiger partial charge in [-0.2, -0.15) is 13.2 Å². The summed E-state index contributed by atoms with van der Waals surface area (Å²) in [5.74, 6) is 1.50. The van der Waals surface area contributed by atoms with Crippen LogP contribution in [-0.2, 0) is 0 Å². The molecule has 9 rings (SSSR count). The van der Waals surface area contributed by atoms with Gasteiger partial charge in [0.2, 0.25) is 0 Å². The molecule has 0 amide bonds. The number of hydrogen-bond donors (Lipinski definition) is 8. The lowest BCUT2D eigenvalue weighted by molar-refractivity contribution is -0.203. The first-order valence-corrected chi connectivity index (χ1v) is 18.6. The van der Waals surface area contributed by atoms with Gasteiger partial charge in [-0.15, -0.1) is 0 Å². The van der Waals surface area contributed by atoms with Gasteiger partial charge >= 0.3 is 6.18 Å². The molecule has 248 valence electrons. The lowest BCUT2D eigenvalue weighted by Crippen LogP contribution is -2.62. The third-order valence-electron chi connectivity index (χ3n) is 14.3. The molecular formula is C33H55F3N8. The summed E-state index contributed by atoms with van der Waals surface area (Å²) in [4.78, 5) is 0. The Morgan fingerprint density at radius 1 is 0.318 bits per heavy atom. The third-order valence-corrected chi connectivity index (χ3v) is 14.3. The lowest BCUT2D eigenvalue weighted by Gasteiger charge is -2.40. The van der Waals surface area contributed by atoms with Crippen molar-refractivity contribution in [3.63, 3.8) is 0 Å². The first-order chi connectivity index (χ1) is 21.4. The van der Waals surface area contributed by atoms with Gasteiger partial charge in [0.1, 0.15) is 0 Å². The molecule has 0 spiro atoms. The molecular weight excluding hydrogens is 565 g/mol. The molecule has 0 aromatic rings. The van der Waals surface area contributed by atoms with Crippen LogP contribution in [-0.4, -0.2) is 55.5 Å². The Morgan fingerprint density at radius 2 is 0.591 bits per heavy atom. The van der Waals surface area contributed by atoms with Crippen molar-refractivity contribution in [2.75, 3.05) is 0 Å². The zero-order chi connectivity index (χ0) is 29.6. The third kappa shape index (κ3) is 5.01. The van der Waals surface area contributed by atoms with Crippen LogP contribution in [0.2, 0.25) is 0 Å². The van der Waals surface area contributed by atoms with Crippen LogP contribution in [0.15, 0.2) is 0 Å². The maximum Gasteiger partial charge on any atom is 0.392 e. The van der Waals surface area contributed by atoms with Crippen molar-refractivity contribution in [3.8, 4) is 0 Å². The van der Waals surface area contributed by atoms with Gasteiger partial charge in [-0.1, -0.05) is 44.9 Å². The smallest absolute Gasteiger partial charge is 0.286 e. The molecule has 9 fully saturated rings. The molecule has 8 bridgehead atoms. The van der Waals surface area contributed by atoms with Crippen molar-refractivity contribution in [2.45, 2.75) is 152 Å². The van der Waals surface area contributed by atoms with Gasteiger partial charge in [0.25, 0.3) is 0 Å². The van der Waals surface area contributed by atoms with E-state index in [4.69, 9.17) is 0 Å². The Bertz CT molecular complexity index is 1040. The van der Waals surface area contributed by atoms with E-state index in [0.29, 0.717) is 41.9 Å². The minimum atomic E-state index is -4.17. The number of nitrogens with one attached hydrogen (secondary N) is 8. The van der Waals surface area contributed by atoms with Crippen molar-refractivity contribution in [2.24, 2.45) is 53.3 Å². The summed E-state index contributed by atoms with van der Waals surface area (Å²) in [5.41, 5.74) is 0. The Labute approximate surface area is 260 Å². The maximum atomic E-state index is 14.6. The Kier molecular flexibility index (Phi) is 7.78. The highest BCUT2D eigenvalue weighted by Gasteiger charge is 2.59. The molecule has 5 saturated heterocycles. The van der Waals surface area contributed by atoms with Crippen molar-refractivity contribution < 1.29 is 13.2 Å². The van der Waals surface area contributed by atoms with Gasteiger partial charge < -0.3 is 0 Å². The standard InChI is InChI=1S/C33H55F3N8/c34-33(35,36)23-15-7-14-22-24(23)32-43-30-21-13-6-5-12-20(21)28(41-30)39-26-17-9-2-1-8-16(17)25(37-26)38-27-18-10-3-4-11-19(18)29(40-27)42-31(22)44-32/h16-32,37-44H,1-15H2. The molecule has 8 nitrogen and oxygen atoms in total. The van der Waals surface area contributed by atoms with Crippen LogP contribution in [0.3, 0.4) is 0 Å². The molecule has 4 saturated carbocycles. The highest BCUT2D eigenvalue weighted by Crippen LogP contribution is 2.50. The van der Waals surface area contributed by atoms with Crippen LogP contribution in [0.1, 0.15) is 96.3 Å². The second-order valence-electron chi connectivity index (χ2n) is 16.3. The van der Waals surface area contributed by atoms with Gasteiger partial charge in [-0.05, 0) is 92.8 Å². The fourth-order valence-electron chi connectivity index (χ4n) is 12.4. The van der Waals surface area contributed by atoms with Crippen LogP contribution in [0.5, 0.6) is 0 Å². The number of fused-ring (bicyclic) bond motifs is 20.